The van der Waals surface area contributed by atoms with Gasteiger partial charge < -0.3 is 10.2 Å². The van der Waals surface area contributed by atoms with Crippen LogP contribution in [0.4, 0.5) is 0 Å². The van der Waals surface area contributed by atoms with Crippen molar-refractivity contribution in [3.8, 4) is 0 Å². The third-order valence-corrected chi connectivity index (χ3v) is 3.39. The van der Waals surface area contributed by atoms with Gasteiger partial charge in [0, 0.05) is 31.2 Å². The molecule has 1 amide bonds. The molecular weight excluding hydrogens is 248 g/mol. The zero-order valence-electron chi connectivity index (χ0n) is 11.0. The van der Waals surface area contributed by atoms with Crippen LogP contribution >= 0.6 is 12.4 Å². The minimum atomic E-state index is 0. The molecule has 100 valence electrons. The van der Waals surface area contributed by atoms with E-state index in [-0.39, 0.29) is 24.4 Å². The average Bonchev–Trinajstić information content (AvgIpc) is 2.38. The number of piperazine rings is 1. The van der Waals surface area contributed by atoms with Crippen LogP contribution in [0.15, 0.2) is 24.3 Å². The largest absolute Gasteiger partial charge is 0.333 e. The van der Waals surface area contributed by atoms with Crippen molar-refractivity contribution in [3.05, 3.63) is 35.4 Å². The fraction of sp³-hybridized carbons (Fsp3) is 0.500. The topological polar surface area (TPSA) is 32.3 Å². The molecular formula is C14H21ClN2O. The van der Waals surface area contributed by atoms with Gasteiger partial charge in [-0.1, -0.05) is 25.1 Å². The van der Waals surface area contributed by atoms with Gasteiger partial charge in [0.15, 0.2) is 0 Å². The molecule has 18 heavy (non-hydrogen) atoms. The summed E-state index contributed by atoms with van der Waals surface area (Å²) in [5, 5.41) is 3.31. The monoisotopic (exact) mass is 268 g/mol. The van der Waals surface area contributed by atoms with Crippen LogP contribution in [0, 0.1) is 0 Å². The van der Waals surface area contributed by atoms with Crippen LogP contribution in [0.3, 0.4) is 0 Å². The predicted molar refractivity (Wildman–Crippen MR) is 76.4 cm³/mol. The van der Waals surface area contributed by atoms with E-state index in [4.69, 9.17) is 0 Å². The number of nitrogens with one attached hydrogen (secondary N) is 1. The van der Waals surface area contributed by atoms with Gasteiger partial charge in [-0.15, -0.1) is 12.4 Å². The molecule has 4 heteroatoms. The van der Waals surface area contributed by atoms with E-state index in [2.05, 4.69) is 19.2 Å². The first kappa shape index (κ1) is 15.0. The highest BCUT2D eigenvalue weighted by molar-refractivity contribution is 5.96. The van der Waals surface area contributed by atoms with Gasteiger partial charge in [-0.2, -0.15) is 0 Å². The molecule has 1 aromatic carbocycles. The van der Waals surface area contributed by atoms with Crippen molar-refractivity contribution in [2.24, 2.45) is 0 Å². The molecule has 1 aliphatic rings. The third-order valence-electron chi connectivity index (χ3n) is 3.39. The highest BCUT2D eigenvalue weighted by Gasteiger charge is 2.24. The first-order valence-electron chi connectivity index (χ1n) is 6.33. The lowest BCUT2D eigenvalue weighted by Gasteiger charge is -2.34. The molecule has 1 aromatic rings. The zero-order valence-corrected chi connectivity index (χ0v) is 11.8. The number of carbonyl (C=O) groups excluding carboxylic acids is 1. The van der Waals surface area contributed by atoms with Gasteiger partial charge in [-0.05, 0) is 25.0 Å². The lowest BCUT2D eigenvalue weighted by molar-refractivity contribution is 0.0654. The summed E-state index contributed by atoms with van der Waals surface area (Å²) in [6.07, 6.45) is 0.905. The van der Waals surface area contributed by atoms with Crippen molar-refractivity contribution in [2.75, 3.05) is 19.6 Å². The molecule has 0 aromatic heterocycles. The Labute approximate surface area is 115 Å². The molecule has 0 saturated carbocycles. The fourth-order valence-corrected chi connectivity index (χ4v) is 2.33. The fourth-order valence-electron chi connectivity index (χ4n) is 2.33. The van der Waals surface area contributed by atoms with Crippen molar-refractivity contribution in [3.63, 3.8) is 0 Å². The number of halogens is 1. The maximum atomic E-state index is 12.5. The van der Waals surface area contributed by atoms with Gasteiger partial charge in [0.25, 0.3) is 5.91 Å². The Bertz CT molecular complexity index is 409. The van der Waals surface area contributed by atoms with Crippen molar-refractivity contribution >= 4 is 18.3 Å². The second-order valence-electron chi connectivity index (χ2n) is 4.56. The van der Waals surface area contributed by atoms with Gasteiger partial charge in [0.05, 0.1) is 0 Å². The van der Waals surface area contributed by atoms with Gasteiger partial charge >= 0.3 is 0 Å². The van der Waals surface area contributed by atoms with E-state index in [1.54, 1.807) is 0 Å². The third kappa shape index (κ3) is 3.03. The van der Waals surface area contributed by atoms with Gasteiger partial charge in [-0.25, -0.2) is 0 Å². The molecule has 0 radical (unpaired) electrons. The second kappa shape index (κ2) is 6.76. The molecule has 0 bridgehead atoms. The summed E-state index contributed by atoms with van der Waals surface area (Å²) in [5.74, 6) is 0.177. The summed E-state index contributed by atoms with van der Waals surface area (Å²) >= 11 is 0. The second-order valence-corrected chi connectivity index (χ2v) is 4.56. The van der Waals surface area contributed by atoms with E-state index in [0.717, 1.165) is 37.2 Å². The maximum absolute atomic E-state index is 12.5. The molecule has 1 saturated heterocycles. The smallest absolute Gasteiger partial charge is 0.254 e. The summed E-state index contributed by atoms with van der Waals surface area (Å²) in [6.45, 7) is 6.77. The predicted octanol–water partition coefficient (Wildman–Crippen LogP) is 2.10. The lowest BCUT2D eigenvalue weighted by Crippen LogP contribution is -2.52. The molecule has 1 N–H and O–H groups in total. The lowest BCUT2D eigenvalue weighted by atomic mass is 10.0. The number of benzene rings is 1. The summed E-state index contributed by atoms with van der Waals surface area (Å²) in [7, 11) is 0. The zero-order chi connectivity index (χ0) is 12.3. The molecule has 0 unspecified atom stereocenters. The first-order valence-corrected chi connectivity index (χ1v) is 6.33. The molecule has 0 spiro atoms. The highest BCUT2D eigenvalue weighted by atomic mass is 35.5. The minimum absolute atomic E-state index is 0. The van der Waals surface area contributed by atoms with Gasteiger partial charge in [-0.3, -0.25) is 4.79 Å². The average molecular weight is 269 g/mol. The van der Waals surface area contributed by atoms with Crippen molar-refractivity contribution in [1.29, 1.82) is 0 Å². The Kier molecular flexibility index (Phi) is 5.63. The maximum Gasteiger partial charge on any atom is 0.254 e. The summed E-state index contributed by atoms with van der Waals surface area (Å²) in [5.41, 5.74) is 2.01. The van der Waals surface area contributed by atoms with E-state index in [1.165, 1.54) is 0 Å². The van der Waals surface area contributed by atoms with E-state index < -0.39 is 0 Å². The van der Waals surface area contributed by atoms with Gasteiger partial charge in [0.2, 0.25) is 0 Å². The summed E-state index contributed by atoms with van der Waals surface area (Å²) in [6, 6.07) is 8.20. The van der Waals surface area contributed by atoms with Crippen molar-refractivity contribution in [1.82, 2.24) is 10.2 Å². The Hall–Kier alpha value is -1.06. The van der Waals surface area contributed by atoms with E-state index in [1.807, 2.05) is 29.2 Å². The number of rotatable bonds is 2. The van der Waals surface area contributed by atoms with Crippen molar-refractivity contribution in [2.45, 2.75) is 26.3 Å². The van der Waals surface area contributed by atoms with Crippen LogP contribution < -0.4 is 5.32 Å². The first-order chi connectivity index (χ1) is 8.24. The van der Waals surface area contributed by atoms with E-state index >= 15 is 0 Å². The number of amides is 1. The van der Waals surface area contributed by atoms with Crippen LogP contribution in [0.5, 0.6) is 0 Å². The van der Waals surface area contributed by atoms with Crippen LogP contribution in [0.2, 0.25) is 0 Å². The van der Waals surface area contributed by atoms with Crippen molar-refractivity contribution < 1.29 is 4.79 Å². The number of hydrogen-bond acceptors (Lipinski definition) is 2. The molecule has 3 nitrogen and oxygen atoms in total. The Balaban J connectivity index is 0.00000162. The minimum Gasteiger partial charge on any atom is -0.333 e. The van der Waals surface area contributed by atoms with Crippen LogP contribution in [-0.4, -0.2) is 36.5 Å². The van der Waals surface area contributed by atoms with Crippen LogP contribution in [0.25, 0.3) is 0 Å². The normalized spacial score (nSPS) is 19.2. The Morgan fingerprint density at radius 1 is 1.44 bits per heavy atom. The summed E-state index contributed by atoms with van der Waals surface area (Å²) < 4.78 is 0. The molecule has 1 heterocycles. The Morgan fingerprint density at radius 3 is 2.83 bits per heavy atom. The number of nitrogens with zero attached hydrogens (tertiary/aromatic N) is 1. The highest BCUT2D eigenvalue weighted by Crippen LogP contribution is 2.15. The molecule has 1 fully saturated rings. The van der Waals surface area contributed by atoms with E-state index in [9.17, 15) is 4.79 Å². The standard InChI is InChI=1S/C14H20N2O.ClH/c1-3-12-6-4-5-7-13(12)14(17)16-9-8-15-10-11(16)2;/h4-7,11,15H,3,8-10H2,1-2H3;1H/t11-;/m1./s1. The number of carbonyl (C=O) groups is 1. The molecule has 2 rings (SSSR count). The van der Waals surface area contributed by atoms with Gasteiger partial charge in [0.1, 0.15) is 0 Å². The summed E-state index contributed by atoms with van der Waals surface area (Å²) in [4.78, 5) is 14.5. The quantitative estimate of drug-likeness (QED) is 0.891. The molecule has 1 aliphatic heterocycles. The van der Waals surface area contributed by atoms with Crippen LogP contribution in [-0.2, 0) is 6.42 Å². The Morgan fingerprint density at radius 2 is 2.17 bits per heavy atom. The van der Waals surface area contributed by atoms with E-state index in [0.29, 0.717) is 0 Å². The number of hydrogen-bond donors (Lipinski definition) is 1. The van der Waals surface area contributed by atoms with Crippen LogP contribution in [0.1, 0.15) is 29.8 Å². The SMILES string of the molecule is CCc1ccccc1C(=O)N1CCNC[C@H]1C.Cl. The molecule has 1 atom stereocenters. The number of aryl methyl sites for hydroxylation is 1. The molecule has 0 aliphatic carbocycles.